The van der Waals surface area contributed by atoms with Crippen LogP contribution in [0.5, 0.6) is 0 Å². The fourth-order valence-corrected chi connectivity index (χ4v) is 2.52. The minimum absolute atomic E-state index is 0.837. The van der Waals surface area contributed by atoms with E-state index in [1.54, 1.807) is 6.08 Å². The van der Waals surface area contributed by atoms with Crippen molar-refractivity contribution < 1.29 is 9.90 Å². The van der Waals surface area contributed by atoms with Gasteiger partial charge in [0.05, 0.1) is 0 Å². The van der Waals surface area contributed by atoms with Crippen molar-refractivity contribution in [3.05, 3.63) is 24.3 Å². The van der Waals surface area contributed by atoms with Gasteiger partial charge in [-0.25, -0.2) is 4.79 Å². The van der Waals surface area contributed by atoms with Crippen molar-refractivity contribution in [2.75, 3.05) is 0 Å². The van der Waals surface area contributed by atoms with Crippen LogP contribution in [0.3, 0.4) is 0 Å². The molecule has 0 aliphatic rings. The van der Waals surface area contributed by atoms with Crippen molar-refractivity contribution in [2.24, 2.45) is 0 Å². The van der Waals surface area contributed by atoms with Crippen LogP contribution < -0.4 is 0 Å². The Bertz CT molecular complexity index is 292. The predicted molar refractivity (Wildman–Crippen MR) is 96.2 cm³/mol. The zero-order valence-electron chi connectivity index (χ0n) is 14.6. The fraction of sp³-hybridized carbons (Fsp3) is 0.750. The maximum Gasteiger partial charge on any atom is 0.327 e. The van der Waals surface area contributed by atoms with E-state index in [2.05, 4.69) is 19.1 Å². The molecular weight excluding hydrogens is 272 g/mol. The van der Waals surface area contributed by atoms with Gasteiger partial charge in [0.1, 0.15) is 0 Å². The highest BCUT2D eigenvalue weighted by atomic mass is 16.4. The highest BCUT2D eigenvalue weighted by molar-refractivity contribution is 5.79. The molecule has 0 saturated carbocycles. The van der Waals surface area contributed by atoms with Crippen LogP contribution in [0.2, 0.25) is 0 Å². The van der Waals surface area contributed by atoms with Crippen molar-refractivity contribution in [3.8, 4) is 0 Å². The molecule has 0 aliphatic carbocycles. The maximum atomic E-state index is 10.3. The normalized spacial score (nSPS) is 11.7. The van der Waals surface area contributed by atoms with Gasteiger partial charge in [-0.3, -0.25) is 0 Å². The van der Waals surface area contributed by atoms with E-state index in [0.29, 0.717) is 0 Å². The van der Waals surface area contributed by atoms with Crippen molar-refractivity contribution in [3.63, 3.8) is 0 Å². The van der Waals surface area contributed by atoms with Crippen LogP contribution in [0.4, 0.5) is 0 Å². The third-order valence-electron chi connectivity index (χ3n) is 3.89. The first-order chi connectivity index (χ1) is 10.8. The molecule has 0 spiro atoms. The Kier molecular flexibility index (Phi) is 17.1. The van der Waals surface area contributed by atoms with Gasteiger partial charge in [0.15, 0.2) is 0 Å². The average Bonchev–Trinajstić information content (AvgIpc) is 2.50. The van der Waals surface area contributed by atoms with Crippen LogP contribution in [-0.2, 0) is 4.79 Å². The van der Waals surface area contributed by atoms with Crippen molar-refractivity contribution in [2.45, 2.75) is 96.8 Å². The Morgan fingerprint density at radius 1 is 0.682 bits per heavy atom. The lowest BCUT2D eigenvalue weighted by atomic mass is 10.1. The Labute approximate surface area is 137 Å². The molecule has 0 amide bonds. The molecule has 0 radical (unpaired) electrons. The van der Waals surface area contributed by atoms with Crippen molar-refractivity contribution in [1.29, 1.82) is 0 Å². The second-order valence-electron chi connectivity index (χ2n) is 6.11. The minimum Gasteiger partial charge on any atom is -0.478 e. The van der Waals surface area contributed by atoms with Gasteiger partial charge in [-0.15, -0.1) is 0 Å². The van der Waals surface area contributed by atoms with Gasteiger partial charge in [0.25, 0.3) is 0 Å². The first kappa shape index (κ1) is 20.9. The van der Waals surface area contributed by atoms with Crippen LogP contribution in [0.1, 0.15) is 96.8 Å². The number of aliphatic carboxylic acids is 1. The lowest BCUT2D eigenvalue weighted by Crippen LogP contribution is -1.85. The van der Waals surface area contributed by atoms with Crippen molar-refractivity contribution >= 4 is 5.97 Å². The third kappa shape index (κ3) is 18.9. The largest absolute Gasteiger partial charge is 0.478 e. The molecular formula is C20H36O2. The number of hydrogen-bond acceptors (Lipinski definition) is 1. The standard InChI is InChI=1S/C20H36O2/c1-2-3-4-5-6-7-8-9-10-11-12-13-14-15-16-17-18-19-20(21)22/h6-7,18-19H,2-5,8-17H2,1H3,(H,21,22). The molecule has 2 heteroatoms. The molecule has 22 heavy (non-hydrogen) atoms. The molecule has 0 aromatic carbocycles. The maximum absolute atomic E-state index is 10.3. The van der Waals surface area contributed by atoms with Crippen LogP contribution in [0.25, 0.3) is 0 Å². The summed E-state index contributed by atoms with van der Waals surface area (Å²) in [6.45, 7) is 2.25. The smallest absolute Gasteiger partial charge is 0.327 e. The molecule has 0 atom stereocenters. The zero-order valence-corrected chi connectivity index (χ0v) is 14.6. The SMILES string of the molecule is CCCCCC=CCCCCCCCCCCC=CC(=O)O. The molecule has 0 unspecified atom stereocenters. The highest BCUT2D eigenvalue weighted by Gasteiger charge is 1.92. The van der Waals surface area contributed by atoms with E-state index in [-0.39, 0.29) is 0 Å². The number of rotatable bonds is 16. The summed E-state index contributed by atoms with van der Waals surface area (Å²) in [6.07, 6.45) is 25.5. The summed E-state index contributed by atoms with van der Waals surface area (Å²) in [4.78, 5) is 10.3. The number of allylic oxidation sites excluding steroid dienone is 3. The average molecular weight is 309 g/mol. The molecule has 128 valence electrons. The summed E-state index contributed by atoms with van der Waals surface area (Å²) >= 11 is 0. The molecule has 0 fully saturated rings. The number of carbonyl (C=O) groups is 1. The summed E-state index contributed by atoms with van der Waals surface area (Å²) in [6, 6.07) is 0. The molecule has 0 aromatic rings. The van der Waals surface area contributed by atoms with E-state index in [0.717, 1.165) is 12.8 Å². The molecule has 0 aliphatic heterocycles. The molecule has 2 nitrogen and oxygen atoms in total. The second-order valence-corrected chi connectivity index (χ2v) is 6.11. The van der Waals surface area contributed by atoms with E-state index in [4.69, 9.17) is 5.11 Å². The van der Waals surface area contributed by atoms with Gasteiger partial charge >= 0.3 is 5.97 Å². The van der Waals surface area contributed by atoms with Gasteiger partial charge in [0, 0.05) is 6.08 Å². The van der Waals surface area contributed by atoms with Gasteiger partial charge in [0.2, 0.25) is 0 Å². The molecule has 0 saturated heterocycles. The van der Waals surface area contributed by atoms with E-state index in [9.17, 15) is 4.79 Å². The number of hydrogen-bond donors (Lipinski definition) is 1. The van der Waals surface area contributed by atoms with E-state index in [1.807, 2.05) is 0 Å². The lowest BCUT2D eigenvalue weighted by Gasteiger charge is -2.00. The summed E-state index contributed by atoms with van der Waals surface area (Å²) < 4.78 is 0. The Morgan fingerprint density at radius 3 is 1.55 bits per heavy atom. The number of carboxylic acids is 1. The third-order valence-corrected chi connectivity index (χ3v) is 3.89. The van der Waals surface area contributed by atoms with E-state index in [1.165, 1.54) is 83.1 Å². The van der Waals surface area contributed by atoms with Gasteiger partial charge in [-0.2, -0.15) is 0 Å². The fourth-order valence-electron chi connectivity index (χ4n) is 2.52. The monoisotopic (exact) mass is 308 g/mol. The Hall–Kier alpha value is -1.05. The first-order valence-corrected chi connectivity index (χ1v) is 9.31. The Morgan fingerprint density at radius 2 is 1.09 bits per heavy atom. The second kappa shape index (κ2) is 18.0. The zero-order chi connectivity index (χ0) is 16.3. The summed E-state index contributed by atoms with van der Waals surface area (Å²) in [5.41, 5.74) is 0. The van der Waals surface area contributed by atoms with Gasteiger partial charge in [-0.1, -0.05) is 76.5 Å². The molecule has 0 rings (SSSR count). The Balaban J connectivity index is 3.09. The predicted octanol–water partition coefficient (Wildman–Crippen LogP) is 6.66. The van der Waals surface area contributed by atoms with Crippen LogP contribution in [0, 0.1) is 0 Å². The molecule has 0 aromatic heterocycles. The van der Waals surface area contributed by atoms with E-state index < -0.39 is 5.97 Å². The summed E-state index contributed by atoms with van der Waals surface area (Å²) in [5, 5.41) is 8.45. The molecule has 0 heterocycles. The minimum atomic E-state index is -0.837. The number of carboxylic acid groups (broad SMARTS) is 1. The number of unbranched alkanes of at least 4 members (excludes halogenated alkanes) is 12. The molecule has 0 bridgehead atoms. The van der Waals surface area contributed by atoms with Crippen LogP contribution in [0.15, 0.2) is 24.3 Å². The first-order valence-electron chi connectivity index (χ1n) is 9.31. The quantitative estimate of drug-likeness (QED) is 0.196. The van der Waals surface area contributed by atoms with Crippen LogP contribution >= 0.6 is 0 Å². The van der Waals surface area contributed by atoms with Crippen LogP contribution in [-0.4, -0.2) is 11.1 Å². The van der Waals surface area contributed by atoms with E-state index >= 15 is 0 Å². The molecule has 1 N–H and O–H groups in total. The summed E-state index contributed by atoms with van der Waals surface area (Å²) in [7, 11) is 0. The van der Waals surface area contributed by atoms with Crippen molar-refractivity contribution in [1.82, 2.24) is 0 Å². The topological polar surface area (TPSA) is 37.3 Å². The summed E-state index contributed by atoms with van der Waals surface area (Å²) in [5.74, 6) is -0.837. The lowest BCUT2D eigenvalue weighted by molar-refractivity contribution is -0.131. The van der Waals surface area contributed by atoms with Gasteiger partial charge in [-0.05, 0) is 38.5 Å². The highest BCUT2D eigenvalue weighted by Crippen LogP contribution is 2.11. The van der Waals surface area contributed by atoms with Gasteiger partial charge < -0.3 is 5.11 Å².